The largest absolute Gasteiger partial charge is 0.370 e. The first-order valence-corrected chi connectivity index (χ1v) is 3.74. The van der Waals surface area contributed by atoms with Crippen LogP contribution < -0.4 is 11.1 Å². The number of nitrogens with zero attached hydrogens (tertiary/aromatic N) is 2. The topological polar surface area (TPSA) is 70.7 Å². The van der Waals surface area contributed by atoms with Gasteiger partial charge in [-0.2, -0.15) is 0 Å². The fourth-order valence-electron chi connectivity index (χ4n) is 0.600. The molecule has 0 aliphatic heterocycles. The molecule has 0 aliphatic rings. The molecule has 0 aromatic heterocycles. The summed E-state index contributed by atoms with van der Waals surface area (Å²) in [6.45, 7) is 0.528. The third kappa shape index (κ3) is 4.54. The molecule has 70 valence electrons. The number of amides is 1. The summed E-state index contributed by atoms with van der Waals surface area (Å²) < 4.78 is 0. The number of rotatable bonds is 3. The predicted octanol–water partition coefficient (Wildman–Crippen LogP) is -1.00. The van der Waals surface area contributed by atoms with E-state index in [1.165, 1.54) is 0 Å². The second kappa shape index (κ2) is 5.40. The standard InChI is InChI=1S/C7H16N4O/c1-9-7(8)10-5-4-6(12)11(2)3/h4-5H2,1-3H3,(H3,8,9,10). The molecule has 0 heterocycles. The van der Waals surface area contributed by atoms with Gasteiger partial charge in [0, 0.05) is 34.1 Å². The Morgan fingerprint density at radius 1 is 1.58 bits per heavy atom. The van der Waals surface area contributed by atoms with Crippen molar-refractivity contribution >= 4 is 11.9 Å². The molecule has 1 amide bonds. The molecule has 0 saturated carbocycles. The summed E-state index contributed by atoms with van der Waals surface area (Å²) in [4.78, 5) is 16.2. The molecule has 3 N–H and O–H groups in total. The molecule has 0 saturated heterocycles. The minimum atomic E-state index is 0.0754. The summed E-state index contributed by atoms with van der Waals surface area (Å²) >= 11 is 0. The zero-order valence-corrected chi connectivity index (χ0v) is 7.79. The highest BCUT2D eigenvalue weighted by molar-refractivity contribution is 5.79. The fourth-order valence-corrected chi connectivity index (χ4v) is 0.600. The molecule has 0 bridgehead atoms. The number of carbonyl (C=O) groups is 1. The number of guanidine groups is 1. The highest BCUT2D eigenvalue weighted by Gasteiger charge is 2.02. The third-order valence-corrected chi connectivity index (χ3v) is 1.38. The van der Waals surface area contributed by atoms with E-state index in [0.717, 1.165) is 0 Å². The monoisotopic (exact) mass is 172 g/mol. The van der Waals surface area contributed by atoms with E-state index < -0.39 is 0 Å². The van der Waals surface area contributed by atoms with Gasteiger partial charge in [0.1, 0.15) is 0 Å². The van der Waals surface area contributed by atoms with Crippen LogP contribution in [0.15, 0.2) is 4.99 Å². The Bertz CT molecular complexity index is 176. The van der Waals surface area contributed by atoms with Crippen LogP contribution in [0.2, 0.25) is 0 Å². The van der Waals surface area contributed by atoms with Crippen molar-refractivity contribution < 1.29 is 4.79 Å². The van der Waals surface area contributed by atoms with Gasteiger partial charge in [0.15, 0.2) is 5.96 Å². The SMILES string of the molecule is CN=C(N)NCCC(=O)N(C)C. The molecule has 12 heavy (non-hydrogen) atoms. The van der Waals surface area contributed by atoms with Crippen LogP contribution in [0.1, 0.15) is 6.42 Å². The Balaban J connectivity index is 3.51. The van der Waals surface area contributed by atoms with Crippen LogP contribution in [-0.2, 0) is 4.79 Å². The van der Waals surface area contributed by atoms with Gasteiger partial charge in [0.05, 0.1) is 0 Å². The van der Waals surface area contributed by atoms with Crippen molar-refractivity contribution in [2.75, 3.05) is 27.7 Å². The van der Waals surface area contributed by atoms with Crippen LogP contribution in [0.3, 0.4) is 0 Å². The maximum atomic E-state index is 11.0. The number of aliphatic imine (C=N–C) groups is 1. The van der Waals surface area contributed by atoms with Crippen molar-refractivity contribution in [1.29, 1.82) is 0 Å². The van der Waals surface area contributed by atoms with Crippen LogP contribution >= 0.6 is 0 Å². The van der Waals surface area contributed by atoms with Crippen LogP contribution in [0.25, 0.3) is 0 Å². The average molecular weight is 172 g/mol. The summed E-state index contributed by atoms with van der Waals surface area (Å²) in [5.41, 5.74) is 5.35. The zero-order chi connectivity index (χ0) is 9.56. The lowest BCUT2D eigenvalue weighted by Gasteiger charge is -2.10. The van der Waals surface area contributed by atoms with Gasteiger partial charge < -0.3 is 16.0 Å². The van der Waals surface area contributed by atoms with Gasteiger partial charge in [-0.25, -0.2) is 0 Å². The lowest BCUT2D eigenvalue weighted by molar-refractivity contribution is -0.128. The third-order valence-electron chi connectivity index (χ3n) is 1.38. The number of carbonyl (C=O) groups excluding carboxylic acids is 1. The summed E-state index contributed by atoms with van der Waals surface area (Å²) in [7, 11) is 5.04. The number of hydrogen-bond donors (Lipinski definition) is 2. The summed E-state index contributed by atoms with van der Waals surface area (Å²) in [6, 6.07) is 0. The molecule has 5 heteroatoms. The van der Waals surface area contributed by atoms with Crippen molar-refractivity contribution in [3.8, 4) is 0 Å². The van der Waals surface area contributed by atoms with Gasteiger partial charge >= 0.3 is 0 Å². The zero-order valence-electron chi connectivity index (χ0n) is 7.79. The highest BCUT2D eigenvalue weighted by Crippen LogP contribution is 1.83. The van der Waals surface area contributed by atoms with E-state index in [2.05, 4.69) is 10.3 Å². The van der Waals surface area contributed by atoms with Gasteiger partial charge in [-0.1, -0.05) is 0 Å². The Hall–Kier alpha value is -1.26. The maximum Gasteiger partial charge on any atom is 0.223 e. The van der Waals surface area contributed by atoms with Gasteiger partial charge in [0.2, 0.25) is 5.91 Å². The Labute approximate surface area is 72.6 Å². The van der Waals surface area contributed by atoms with Crippen LogP contribution in [0, 0.1) is 0 Å². The smallest absolute Gasteiger partial charge is 0.223 e. The molecule has 5 nitrogen and oxygen atoms in total. The van der Waals surface area contributed by atoms with E-state index in [-0.39, 0.29) is 5.91 Å². The lowest BCUT2D eigenvalue weighted by Crippen LogP contribution is -2.34. The highest BCUT2D eigenvalue weighted by atomic mass is 16.2. The lowest BCUT2D eigenvalue weighted by atomic mass is 10.4. The molecule has 0 unspecified atom stereocenters. The number of nitrogens with two attached hydrogens (primary N) is 1. The van der Waals surface area contributed by atoms with Crippen molar-refractivity contribution in [1.82, 2.24) is 10.2 Å². The minimum Gasteiger partial charge on any atom is -0.370 e. The molecule has 0 aliphatic carbocycles. The van der Waals surface area contributed by atoms with Crippen LogP contribution in [0.5, 0.6) is 0 Å². The maximum absolute atomic E-state index is 11.0. The van der Waals surface area contributed by atoms with E-state index in [0.29, 0.717) is 18.9 Å². The van der Waals surface area contributed by atoms with Crippen molar-refractivity contribution in [3.63, 3.8) is 0 Å². The van der Waals surface area contributed by atoms with Crippen molar-refractivity contribution in [2.24, 2.45) is 10.7 Å². The predicted molar refractivity (Wildman–Crippen MR) is 48.9 cm³/mol. The van der Waals surface area contributed by atoms with E-state index >= 15 is 0 Å². The summed E-state index contributed by atoms with van der Waals surface area (Å²) in [6.07, 6.45) is 0.434. The first-order valence-electron chi connectivity index (χ1n) is 3.74. The van der Waals surface area contributed by atoms with E-state index in [9.17, 15) is 4.79 Å². The van der Waals surface area contributed by atoms with E-state index in [4.69, 9.17) is 5.73 Å². The van der Waals surface area contributed by atoms with Gasteiger partial charge in [-0.05, 0) is 0 Å². The first kappa shape index (κ1) is 10.7. The molecular formula is C7H16N4O. The van der Waals surface area contributed by atoms with Crippen molar-refractivity contribution in [3.05, 3.63) is 0 Å². The molecule has 0 radical (unpaired) electrons. The normalized spacial score (nSPS) is 11.1. The second-order valence-electron chi connectivity index (χ2n) is 2.57. The summed E-state index contributed by atoms with van der Waals surface area (Å²) in [5.74, 6) is 0.438. The molecule has 0 atom stereocenters. The Kier molecular flexibility index (Phi) is 4.83. The molecule has 0 aromatic rings. The molecule has 0 fully saturated rings. The minimum absolute atomic E-state index is 0.0754. The quantitative estimate of drug-likeness (QED) is 0.423. The van der Waals surface area contributed by atoms with Gasteiger partial charge in [-0.15, -0.1) is 0 Å². The molecule has 0 rings (SSSR count). The van der Waals surface area contributed by atoms with Crippen LogP contribution in [-0.4, -0.2) is 44.5 Å². The van der Waals surface area contributed by atoms with Gasteiger partial charge in [0.25, 0.3) is 0 Å². The summed E-state index contributed by atoms with van der Waals surface area (Å²) in [5, 5.41) is 2.80. The Morgan fingerprint density at radius 2 is 2.17 bits per heavy atom. The average Bonchev–Trinajstić information content (AvgIpc) is 2.03. The Morgan fingerprint density at radius 3 is 2.58 bits per heavy atom. The van der Waals surface area contributed by atoms with Crippen molar-refractivity contribution in [2.45, 2.75) is 6.42 Å². The molecular weight excluding hydrogens is 156 g/mol. The molecule has 0 spiro atoms. The van der Waals surface area contributed by atoms with Gasteiger partial charge in [-0.3, -0.25) is 9.79 Å². The first-order chi connectivity index (χ1) is 5.57. The fraction of sp³-hybridized carbons (Fsp3) is 0.714. The van der Waals surface area contributed by atoms with E-state index in [1.807, 2.05) is 0 Å². The number of nitrogens with one attached hydrogen (secondary N) is 1. The van der Waals surface area contributed by atoms with Crippen LogP contribution in [0.4, 0.5) is 0 Å². The number of hydrogen-bond acceptors (Lipinski definition) is 2. The van der Waals surface area contributed by atoms with E-state index in [1.54, 1.807) is 26.0 Å². The second-order valence-corrected chi connectivity index (χ2v) is 2.57. The molecule has 0 aromatic carbocycles.